The van der Waals surface area contributed by atoms with Crippen LogP contribution in [0.25, 0.3) is 5.57 Å². The van der Waals surface area contributed by atoms with Crippen LogP contribution in [0.15, 0.2) is 96.6 Å². The minimum absolute atomic E-state index is 0.0629. The Morgan fingerprint density at radius 2 is 1.17 bits per heavy atom. The quantitative estimate of drug-likeness (QED) is 0.365. The highest BCUT2D eigenvalue weighted by atomic mass is 16.5. The molecule has 36 heavy (non-hydrogen) atoms. The minimum Gasteiger partial charge on any atom is -0.497 e. The number of allylic oxidation sites excluding steroid dienone is 3. The largest absolute Gasteiger partial charge is 0.497 e. The van der Waals surface area contributed by atoms with E-state index in [2.05, 4.69) is 12.2 Å². The maximum atomic E-state index is 13.6. The summed E-state index contributed by atoms with van der Waals surface area (Å²) in [6.07, 6.45) is 4.26. The fourth-order valence-corrected chi connectivity index (χ4v) is 6.10. The summed E-state index contributed by atoms with van der Waals surface area (Å²) in [4.78, 5) is 28.7. The topological polar surface area (TPSA) is 55.8 Å². The van der Waals surface area contributed by atoms with Crippen LogP contribution in [-0.2, 0) is 16.1 Å². The third-order valence-electron chi connectivity index (χ3n) is 7.74. The normalized spacial score (nSPS) is 23.8. The van der Waals surface area contributed by atoms with E-state index in [1.54, 1.807) is 14.2 Å². The number of methoxy groups -OCH3 is 2. The first-order chi connectivity index (χ1) is 17.6. The fraction of sp³-hybridized carbons (Fsp3) is 0.226. The van der Waals surface area contributed by atoms with Crippen molar-refractivity contribution in [2.24, 2.45) is 23.7 Å². The predicted molar refractivity (Wildman–Crippen MR) is 137 cm³/mol. The molecule has 5 heteroatoms. The van der Waals surface area contributed by atoms with E-state index in [0.717, 1.165) is 39.3 Å². The molecule has 2 bridgehead atoms. The molecule has 3 aromatic rings. The third kappa shape index (κ3) is 3.46. The monoisotopic (exact) mass is 477 g/mol. The van der Waals surface area contributed by atoms with Crippen molar-refractivity contribution in [2.75, 3.05) is 14.2 Å². The predicted octanol–water partition coefficient (Wildman–Crippen LogP) is 5.12. The summed E-state index contributed by atoms with van der Waals surface area (Å²) in [5, 5.41) is 0. The first-order valence-electron chi connectivity index (χ1n) is 12.2. The molecule has 0 radical (unpaired) electrons. The number of carbonyl (C=O) groups excluding carboxylic acids is 2. The maximum absolute atomic E-state index is 13.6. The highest BCUT2D eigenvalue weighted by molar-refractivity contribution is 6.08. The molecule has 0 unspecified atom stereocenters. The smallest absolute Gasteiger partial charge is 0.234 e. The number of amides is 2. The molecule has 4 atom stereocenters. The third-order valence-corrected chi connectivity index (χ3v) is 7.74. The number of imide groups is 1. The number of benzene rings is 3. The van der Waals surface area contributed by atoms with Gasteiger partial charge in [-0.25, -0.2) is 0 Å². The molecule has 2 amide bonds. The number of rotatable bonds is 6. The SMILES string of the molecule is COc1ccc(C(=C2[C@H]3C=C[C@H]2[C@H]2C(=O)N(Cc4ccccc4)C(=O)[C@@H]23)c2ccc(OC)cc2)cc1. The van der Waals surface area contributed by atoms with Gasteiger partial charge in [-0.1, -0.05) is 66.7 Å². The molecule has 180 valence electrons. The number of fused-ring (bicyclic) bond motifs is 5. The van der Waals surface area contributed by atoms with Gasteiger partial charge in [-0.3, -0.25) is 14.5 Å². The van der Waals surface area contributed by atoms with Crippen molar-refractivity contribution >= 4 is 17.4 Å². The molecular weight excluding hydrogens is 450 g/mol. The van der Waals surface area contributed by atoms with Crippen molar-refractivity contribution in [2.45, 2.75) is 6.54 Å². The van der Waals surface area contributed by atoms with Crippen LogP contribution in [0, 0.1) is 23.7 Å². The van der Waals surface area contributed by atoms with Gasteiger partial charge in [-0.2, -0.15) is 0 Å². The zero-order chi connectivity index (χ0) is 24.8. The van der Waals surface area contributed by atoms with Crippen LogP contribution in [0.2, 0.25) is 0 Å². The van der Waals surface area contributed by atoms with Crippen LogP contribution in [0.3, 0.4) is 0 Å². The first-order valence-corrected chi connectivity index (χ1v) is 12.2. The van der Waals surface area contributed by atoms with Crippen molar-refractivity contribution in [3.05, 3.63) is 113 Å². The van der Waals surface area contributed by atoms with Crippen molar-refractivity contribution in [3.8, 4) is 11.5 Å². The lowest BCUT2D eigenvalue weighted by atomic mass is 9.85. The molecule has 0 spiro atoms. The van der Waals surface area contributed by atoms with Gasteiger partial charge in [0.05, 0.1) is 32.6 Å². The van der Waals surface area contributed by atoms with Crippen LogP contribution < -0.4 is 9.47 Å². The Hall–Kier alpha value is -4.12. The van der Waals surface area contributed by atoms with Gasteiger partial charge in [0.15, 0.2) is 0 Å². The van der Waals surface area contributed by atoms with Gasteiger partial charge in [0.25, 0.3) is 0 Å². The van der Waals surface area contributed by atoms with Crippen molar-refractivity contribution in [1.82, 2.24) is 4.90 Å². The number of nitrogens with zero attached hydrogens (tertiary/aromatic N) is 1. The lowest BCUT2D eigenvalue weighted by Crippen LogP contribution is -2.32. The molecule has 0 aromatic heterocycles. The molecular formula is C31H27NO4. The van der Waals surface area contributed by atoms with E-state index in [0.29, 0.717) is 6.54 Å². The minimum atomic E-state index is -0.349. The fourth-order valence-electron chi connectivity index (χ4n) is 6.10. The van der Waals surface area contributed by atoms with Gasteiger partial charge in [0, 0.05) is 11.8 Å². The summed E-state index contributed by atoms with van der Waals surface area (Å²) in [7, 11) is 3.30. The lowest BCUT2D eigenvalue weighted by molar-refractivity contribution is -0.141. The Balaban J connectivity index is 1.43. The molecule has 1 aliphatic heterocycles. The number of likely N-dealkylation sites (tertiary alicyclic amines) is 1. The molecule has 0 N–H and O–H groups in total. The van der Waals surface area contributed by atoms with E-state index in [1.807, 2.05) is 78.9 Å². The Morgan fingerprint density at radius 1 is 0.694 bits per heavy atom. The second-order valence-electron chi connectivity index (χ2n) is 9.52. The van der Waals surface area contributed by atoms with Crippen LogP contribution in [0.5, 0.6) is 11.5 Å². The molecule has 2 fully saturated rings. The highest BCUT2D eigenvalue weighted by Crippen LogP contribution is 2.58. The van der Waals surface area contributed by atoms with Crippen LogP contribution in [-0.4, -0.2) is 30.9 Å². The summed E-state index contributed by atoms with van der Waals surface area (Å²) >= 11 is 0. The summed E-state index contributed by atoms with van der Waals surface area (Å²) in [5.74, 6) is 0.538. The molecule has 2 aliphatic carbocycles. The maximum Gasteiger partial charge on any atom is 0.234 e. The standard InChI is InChI=1S/C31H27NO4/c1-35-22-12-8-20(9-13-22)26(21-10-14-23(36-2)15-11-21)27-24-16-17-25(27)29-28(24)30(33)32(31(29)34)18-19-6-4-3-5-7-19/h3-17,24-25,28-29H,18H2,1-2H3/t24-,25-,28-,29-/m1/s1. The van der Waals surface area contributed by atoms with Crippen molar-refractivity contribution in [3.63, 3.8) is 0 Å². The van der Waals surface area contributed by atoms with Gasteiger partial charge >= 0.3 is 0 Å². The zero-order valence-corrected chi connectivity index (χ0v) is 20.3. The van der Waals surface area contributed by atoms with E-state index in [4.69, 9.17) is 9.47 Å². The summed E-state index contributed by atoms with van der Waals surface area (Å²) in [6.45, 7) is 0.327. The van der Waals surface area contributed by atoms with Gasteiger partial charge in [-0.05, 0) is 52.1 Å². The van der Waals surface area contributed by atoms with Crippen LogP contribution in [0.4, 0.5) is 0 Å². The lowest BCUT2D eigenvalue weighted by Gasteiger charge is -2.22. The van der Waals surface area contributed by atoms with Crippen LogP contribution >= 0.6 is 0 Å². The average molecular weight is 478 g/mol. The molecule has 5 nitrogen and oxygen atoms in total. The van der Waals surface area contributed by atoms with Gasteiger partial charge in [0.2, 0.25) is 11.8 Å². The molecule has 3 aromatic carbocycles. The Kier molecular flexibility index (Phi) is 5.48. The number of ether oxygens (including phenoxy) is 2. The molecule has 1 saturated heterocycles. The second-order valence-corrected chi connectivity index (χ2v) is 9.52. The Labute approximate surface area is 210 Å². The number of carbonyl (C=O) groups is 2. The molecule has 6 rings (SSSR count). The van der Waals surface area contributed by atoms with Gasteiger partial charge < -0.3 is 9.47 Å². The van der Waals surface area contributed by atoms with Gasteiger partial charge in [0.1, 0.15) is 11.5 Å². The van der Waals surface area contributed by atoms with Crippen LogP contribution in [0.1, 0.15) is 16.7 Å². The summed E-state index contributed by atoms with van der Waals surface area (Å²) < 4.78 is 10.7. The highest BCUT2D eigenvalue weighted by Gasteiger charge is 2.62. The number of hydrogen-bond acceptors (Lipinski definition) is 4. The first kappa shape index (κ1) is 22.4. The van der Waals surface area contributed by atoms with Gasteiger partial charge in [-0.15, -0.1) is 0 Å². The van der Waals surface area contributed by atoms with Crippen molar-refractivity contribution < 1.29 is 19.1 Å². The summed E-state index contributed by atoms with van der Waals surface area (Å²) in [5.41, 5.74) is 5.27. The molecule has 1 heterocycles. The Bertz CT molecular complexity index is 1290. The van der Waals surface area contributed by atoms with E-state index >= 15 is 0 Å². The van der Waals surface area contributed by atoms with E-state index in [-0.39, 0.29) is 35.5 Å². The average Bonchev–Trinajstić information content (AvgIpc) is 3.56. The van der Waals surface area contributed by atoms with E-state index < -0.39 is 0 Å². The van der Waals surface area contributed by atoms with Crippen molar-refractivity contribution in [1.29, 1.82) is 0 Å². The van der Waals surface area contributed by atoms with E-state index in [9.17, 15) is 9.59 Å². The van der Waals surface area contributed by atoms with E-state index in [1.165, 1.54) is 4.90 Å². The molecule has 3 aliphatic rings. The zero-order valence-electron chi connectivity index (χ0n) is 20.3. The summed E-state index contributed by atoms with van der Waals surface area (Å²) in [6, 6.07) is 25.7. The second kappa shape index (κ2) is 8.83. The number of hydrogen-bond donors (Lipinski definition) is 0. The Morgan fingerprint density at radius 3 is 1.61 bits per heavy atom. The molecule has 1 saturated carbocycles.